The van der Waals surface area contributed by atoms with Crippen LogP contribution < -0.4 is 4.74 Å². The number of fused-ring (bicyclic) bond motifs is 1. The van der Waals surface area contributed by atoms with Gasteiger partial charge >= 0.3 is 5.97 Å². The van der Waals surface area contributed by atoms with Gasteiger partial charge in [0.15, 0.2) is 0 Å². The molecule has 3 rings (SSSR count). The topological polar surface area (TPSA) is 35.5 Å². The molecule has 0 radical (unpaired) electrons. The van der Waals surface area contributed by atoms with Crippen molar-refractivity contribution in [2.24, 2.45) is 0 Å². The van der Waals surface area contributed by atoms with Gasteiger partial charge in [-0.15, -0.1) is 0 Å². The van der Waals surface area contributed by atoms with Crippen molar-refractivity contribution in [1.82, 2.24) is 0 Å². The summed E-state index contributed by atoms with van der Waals surface area (Å²) in [5.74, 6) is 0.390. The summed E-state index contributed by atoms with van der Waals surface area (Å²) in [4.78, 5) is 12.3. The first-order valence-electron chi connectivity index (χ1n) is 7.47. The third kappa shape index (κ3) is 3.34. The normalized spacial score (nSPS) is 10.5. The fraction of sp³-hybridized carbons (Fsp3) is 0.150. The van der Waals surface area contributed by atoms with Crippen LogP contribution in [0.4, 0.5) is 0 Å². The zero-order valence-corrected chi connectivity index (χ0v) is 13.2. The van der Waals surface area contributed by atoms with E-state index in [1.165, 1.54) is 0 Å². The van der Waals surface area contributed by atoms with Gasteiger partial charge in [-0.25, -0.2) is 4.79 Å². The number of rotatable bonds is 4. The molecule has 3 aromatic carbocycles. The van der Waals surface area contributed by atoms with Crippen molar-refractivity contribution in [3.8, 4) is 5.75 Å². The third-order valence-electron chi connectivity index (χ3n) is 3.78. The monoisotopic (exact) mass is 306 g/mol. The van der Waals surface area contributed by atoms with Gasteiger partial charge in [0, 0.05) is 5.56 Å². The average molecular weight is 306 g/mol. The zero-order chi connectivity index (χ0) is 16.2. The highest BCUT2D eigenvalue weighted by Crippen LogP contribution is 2.21. The van der Waals surface area contributed by atoms with E-state index in [9.17, 15) is 4.79 Å². The molecule has 0 unspecified atom stereocenters. The van der Waals surface area contributed by atoms with E-state index in [0.717, 1.165) is 27.6 Å². The first-order chi connectivity index (χ1) is 11.2. The molecule has 0 fully saturated rings. The Morgan fingerprint density at radius 2 is 1.74 bits per heavy atom. The van der Waals surface area contributed by atoms with Crippen molar-refractivity contribution >= 4 is 16.7 Å². The SMILES string of the molecule is COc1ccc(C)cc1COC(=O)c1ccc2ccccc2c1. The summed E-state index contributed by atoms with van der Waals surface area (Å²) in [6.45, 7) is 2.19. The predicted octanol–water partition coefficient (Wildman–Crippen LogP) is 4.51. The van der Waals surface area contributed by atoms with Gasteiger partial charge in [0.1, 0.15) is 12.4 Å². The summed E-state index contributed by atoms with van der Waals surface area (Å²) in [5, 5.41) is 2.12. The van der Waals surface area contributed by atoms with Gasteiger partial charge in [0.2, 0.25) is 0 Å². The molecule has 0 atom stereocenters. The van der Waals surface area contributed by atoms with Crippen LogP contribution in [0.1, 0.15) is 21.5 Å². The van der Waals surface area contributed by atoms with E-state index in [2.05, 4.69) is 0 Å². The molecule has 0 saturated carbocycles. The Morgan fingerprint density at radius 3 is 2.52 bits per heavy atom. The van der Waals surface area contributed by atoms with Gasteiger partial charge in [-0.2, -0.15) is 0 Å². The van der Waals surface area contributed by atoms with E-state index in [4.69, 9.17) is 9.47 Å². The standard InChI is InChI=1S/C20H18O3/c1-14-7-10-19(22-2)18(11-14)13-23-20(21)17-9-8-15-5-3-4-6-16(15)12-17/h3-12H,13H2,1-2H3. The smallest absolute Gasteiger partial charge is 0.338 e. The number of hydrogen-bond acceptors (Lipinski definition) is 3. The molecule has 0 aliphatic rings. The molecule has 3 heteroatoms. The highest BCUT2D eigenvalue weighted by molar-refractivity contribution is 5.95. The maximum Gasteiger partial charge on any atom is 0.338 e. The summed E-state index contributed by atoms with van der Waals surface area (Å²) >= 11 is 0. The van der Waals surface area contributed by atoms with Crippen LogP contribution in [-0.2, 0) is 11.3 Å². The minimum Gasteiger partial charge on any atom is -0.496 e. The first kappa shape index (κ1) is 15.1. The number of hydrogen-bond donors (Lipinski definition) is 0. The van der Waals surface area contributed by atoms with Crippen molar-refractivity contribution in [3.05, 3.63) is 77.4 Å². The van der Waals surface area contributed by atoms with E-state index >= 15 is 0 Å². The first-order valence-corrected chi connectivity index (χ1v) is 7.47. The largest absolute Gasteiger partial charge is 0.496 e. The Labute approximate surface area is 135 Å². The molecule has 0 heterocycles. The third-order valence-corrected chi connectivity index (χ3v) is 3.78. The van der Waals surface area contributed by atoms with Gasteiger partial charge < -0.3 is 9.47 Å². The fourth-order valence-electron chi connectivity index (χ4n) is 2.56. The van der Waals surface area contributed by atoms with Crippen LogP contribution in [0.25, 0.3) is 10.8 Å². The number of carbonyl (C=O) groups is 1. The second kappa shape index (κ2) is 6.53. The predicted molar refractivity (Wildman–Crippen MR) is 90.8 cm³/mol. The van der Waals surface area contributed by atoms with Crippen molar-refractivity contribution < 1.29 is 14.3 Å². The van der Waals surface area contributed by atoms with Crippen LogP contribution in [0.15, 0.2) is 60.7 Å². The van der Waals surface area contributed by atoms with Crippen LogP contribution in [0.5, 0.6) is 5.75 Å². The second-order valence-electron chi connectivity index (χ2n) is 5.45. The molecule has 0 saturated heterocycles. The Hall–Kier alpha value is -2.81. The molecule has 0 N–H and O–H groups in total. The second-order valence-corrected chi connectivity index (χ2v) is 5.45. The lowest BCUT2D eigenvalue weighted by Gasteiger charge is -2.10. The molecule has 0 aliphatic carbocycles. The van der Waals surface area contributed by atoms with Crippen molar-refractivity contribution in [2.45, 2.75) is 13.5 Å². The average Bonchev–Trinajstić information content (AvgIpc) is 2.59. The molecule has 3 nitrogen and oxygen atoms in total. The maximum absolute atomic E-state index is 12.3. The van der Waals surface area contributed by atoms with Crippen LogP contribution in [-0.4, -0.2) is 13.1 Å². The quantitative estimate of drug-likeness (QED) is 0.665. The zero-order valence-electron chi connectivity index (χ0n) is 13.2. The minimum atomic E-state index is -0.334. The van der Waals surface area contributed by atoms with E-state index in [1.807, 2.05) is 61.5 Å². The lowest BCUT2D eigenvalue weighted by atomic mass is 10.1. The van der Waals surface area contributed by atoms with Crippen LogP contribution in [0.2, 0.25) is 0 Å². The van der Waals surface area contributed by atoms with Crippen molar-refractivity contribution in [1.29, 1.82) is 0 Å². The number of benzene rings is 3. The molecule has 116 valence electrons. The van der Waals surface area contributed by atoms with E-state index in [1.54, 1.807) is 13.2 Å². The molecule has 0 aliphatic heterocycles. The van der Waals surface area contributed by atoms with Gasteiger partial charge in [-0.1, -0.05) is 42.0 Å². The Bertz CT molecular complexity index is 852. The molecule has 0 spiro atoms. The van der Waals surface area contributed by atoms with E-state index in [-0.39, 0.29) is 12.6 Å². The Kier molecular flexibility index (Phi) is 4.29. The van der Waals surface area contributed by atoms with Gasteiger partial charge in [0.05, 0.1) is 12.7 Å². The van der Waals surface area contributed by atoms with Crippen LogP contribution in [0.3, 0.4) is 0 Å². The molecule has 0 amide bonds. The Morgan fingerprint density at radius 1 is 0.957 bits per heavy atom. The summed E-state index contributed by atoms with van der Waals surface area (Å²) in [6, 6.07) is 19.3. The fourth-order valence-corrected chi connectivity index (χ4v) is 2.56. The number of ether oxygens (including phenoxy) is 2. The van der Waals surface area contributed by atoms with Gasteiger partial charge in [0.25, 0.3) is 0 Å². The summed E-state index contributed by atoms with van der Waals surface area (Å²) in [6.07, 6.45) is 0. The van der Waals surface area contributed by atoms with Crippen molar-refractivity contribution in [2.75, 3.05) is 7.11 Å². The molecular weight excluding hydrogens is 288 g/mol. The summed E-state index contributed by atoms with van der Waals surface area (Å²) < 4.78 is 10.7. The number of carbonyl (C=O) groups excluding carboxylic acids is 1. The van der Waals surface area contributed by atoms with Gasteiger partial charge in [-0.05, 0) is 42.0 Å². The van der Waals surface area contributed by atoms with E-state index < -0.39 is 0 Å². The van der Waals surface area contributed by atoms with Gasteiger partial charge in [-0.3, -0.25) is 0 Å². The van der Waals surface area contributed by atoms with Crippen LogP contribution >= 0.6 is 0 Å². The maximum atomic E-state index is 12.3. The molecule has 0 bridgehead atoms. The summed E-state index contributed by atoms with van der Waals surface area (Å²) in [5.41, 5.74) is 2.51. The molecule has 23 heavy (non-hydrogen) atoms. The lowest BCUT2D eigenvalue weighted by molar-refractivity contribution is 0.0470. The lowest BCUT2D eigenvalue weighted by Crippen LogP contribution is -2.06. The van der Waals surface area contributed by atoms with E-state index in [0.29, 0.717) is 5.56 Å². The molecule has 0 aromatic heterocycles. The minimum absolute atomic E-state index is 0.191. The van der Waals surface area contributed by atoms with Crippen LogP contribution in [0, 0.1) is 6.92 Å². The number of esters is 1. The number of methoxy groups -OCH3 is 1. The Balaban J connectivity index is 1.77. The molecule has 3 aromatic rings. The molecular formula is C20H18O3. The highest BCUT2D eigenvalue weighted by atomic mass is 16.5. The van der Waals surface area contributed by atoms with Crippen molar-refractivity contribution in [3.63, 3.8) is 0 Å². The number of aryl methyl sites for hydroxylation is 1. The summed E-state index contributed by atoms with van der Waals surface area (Å²) in [7, 11) is 1.61. The highest BCUT2D eigenvalue weighted by Gasteiger charge is 2.10.